The lowest BCUT2D eigenvalue weighted by molar-refractivity contribution is 0.0528. The van der Waals surface area contributed by atoms with Crippen LogP contribution in [0.5, 0.6) is 0 Å². The van der Waals surface area contributed by atoms with Crippen molar-refractivity contribution in [2.45, 2.75) is 58.6 Å². The Hall–Kier alpha value is -0.0800. The van der Waals surface area contributed by atoms with Gasteiger partial charge in [0.25, 0.3) is 0 Å². The maximum atomic E-state index is 6.15. The Labute approximate surface area is 82.8 Å². The Morgan fingerprint density at radius 2 is 1.69 bits per heavy atom. The highest BCUT2D eigenvalue weighted by Crippen LogP contribution is 2.18. The Kier molecular flexibility index (Phi) is 7.29. The summed E-state index contributed by atoms with van der Waals surface area (Å²) < 4.78 is 5.41. The summed E-state index contributed by atoms with van der Waals surface area (Å²) in [6.07, 6.45) is 4.78. The summed E-state index contributed by atoms with van der Waals surface area (Å²) in [5.74, 6) is 0.608. The minimum absolute atomic E-state index is 0.208. The number of hydrogen-bond donors (Lipinski definition) is 1. The molecule has 2 N–H and O–H groups in total. The fourth-order valence-electron chi connectivity index (χ4n) is 1.89. The highest BCUT2D eigenvalue weighted by Gasteiger charge is 2.22. The van der Waals surface area contributed by atoms with Crippen LogP contribution in [0.15, 0.2) is 0 Å². The molecule has 0 saturated carbocycles. The first-order valence-electron chi connectivity index (χ1n) is 5.49. The zero-order valence-electron chi connectivity index (χ0n) is 9.55. The van der Waals surface area contributed by atoms with Crippen LogP contribution in [-0.2, 0) is 4.74 Å². The van der Waals surface area contributed by atoms with E-state index in [-0.39, 0.29) is 12.1 Å². The number of methoxy groups -OCH3 is 1. The molecule has 2 unspecified atom stereocenters. The molecule has 2 nitrogen and oxygen atoms in total. The Balaban J connectivity index is 4.07. The topological polar surface area (TPSA) is 35.2 Å². The van der Waals surface area contributed by atoms with E-state index in [1.54, 1.807) is 7.11 Å². The van der Waals surface area contributed by atoms with Crippen molar-refractivity contribution in [2.75, 3.05) is 7.11 Å². The number of nitrogens with two attached hydrogens (primary N) is 1. The number of hydrogen-bond acceptors (Lipinski definition) is 2. The lowest BCUT2D eigenvalue weighted by Crippen LogP contribution is -2.42. The van der Waals surface area contributed by atoms with Gasteiger partial charge in [0.05, 0.1) is 6.10 Å². The summed E-state index contributed by atoms with van der Waals surface area (Å²) in [4.78, 5) is 0. The standard InChI is InChI=1S/C11H25NO/c1-5-8-10(13-4)11(12)9(6-2)7-3/h9-11H,5-8,12H2,1-4H3. The van der Waals surface area contributed by atoms with Crippen LogP contribution in [0, 0.1) is 5.92 Å². The van der Waals surface area contributed by atoms with Gasteiger partial charge in [-0.25, -0.2) is 0 Å². The minimum Gasteiger partial charge on any atom is -0.380 e. The summed E-state index contributed by atoms with van der Waals surface area (Å²) in [7, 11) is 1.77. The van der Waals surface area contributed by atoms with Crippen LogP contribution in [0.1, 0.15) is 46.5 Å². The van der Waals surface area contributed by atoms with Gasteiger partial charge in [-0.05, 0) is 12.3 Å². The van der Waals surface area contributed by atoms with Crippen molar-refractivity contribution in [1.29, 1.82) is 0 Å². The van der Waals surface area contributed by atoms with Crippen LogP contribution in [0.25, 0.3) is 0 Å². The first-order chi connectivity index (χ1) is 6.21. The van der Waals surface area contributed by atoms with E-state index in [0.717, 1.165) is 25.7 Å². The first kappa shape index (κ1) is 12.9. The van der Waals surface area contributed by atoms with Crippen molar-refractivity contribution in [2.24, 2.45) is 11.7 Å². The van der Waals surface area contributed by atoms with Crippen molar-refractivity contribution >= 4 is 0 Å². The van der Waals surface area contributed by atoms with Gasteiger partial charge in [-0.3, -0.25) is 0 Å². The van der Waals surface area contributed by atoms with Crippen LogP contribution in [0.2, 0.25) is 0 Å². The summed E-state index contributed by atoms with van der Waals surface area (Å²) in [5.41, 5.74) is 6.15. The van der Waals surface area contributed by atoms with Crippen LogP contribution in [0.4, 0.5) is 0 Å². The van der Waals surface area contributed by atoms with Gasteiger partial charge in [-0.1, -0.05) is 40.0 Å². The van der Waals surface area contributed by atoms with Gasteiger partial charge in [0.1, 0.15) is 0 Å². The third-order valence-corrected chi connectivity index (χ3v) is 2.90. The van der Waals surface area contributed by atoms with Crippen LogP contribution in [0.3, 0.4) is 0 Å². The normalized spacial score (nSPS) is 16.2. The molecule has 0 aliphatic heterocycles. The van der Waals surface area contributed by atoms with Crippen molar-refractivity contribution in [1.82, 2.24) is 0 Å². The van der Waals surface area contributed by atoms with E-state index in [0.29, 0.717) is 5.92 Å². The average molecular weight is 187 g/mol. The van der Waals surface area contributed by atoms with E-state index in [9.17, 15) is 0 Å². The van der Waals surface area contributed by atoms with Gasteiger partial charge in [0.15, 0.2) is 0 Å². The molecule has 2 heteroatoms. The molecule has 0 spiro atoms. The van der Waals surface area contributed by atoms with E-state index in [1.807, 2.05) is 0 Å². The second kappa shape index (κ2) is 7.34. The lowest BCUT2D eigenvalue weighted by Gasteiger charge is -2.28. The highest BCUT2D eigenvalue weighted by molar-refractivity contribution is 4.79. The summed E-state index contributed by atoms with van der Waals surface area (Å²) in [6.45, 7) is 6.57. The third-order valence-electron chi connectivity index (χ3n) is 2.90. The van der Waals surface area contributed by atoms with E-state index < -0.39 is 0 Å². The molecule has 13 heavy (non-hydrogen) atoms. The van der Waals surface area contributed by atoms with E-state index >= 15 is 0 Å². The Morgan fingerprint density at radius 3 is 2.00 bits per heavy atom. The molecule has 0 aromatic heterocycles. The van der Waals surface area contributed by atoms with Gasteiger partial charge < -0.3 is 10.5 Å². The van der Waals surface area contributed by atoms with Crippen molar-refractivity contribution in [3.05, 3.63) is 0 Å². The smallest absolute Gasteiger partial charge is 0.0724 e. The quantitative estimate of drug-likeness (QED) is 0.665. The molecular formula is C11H25NO. The lowest BCUT2D eigenvalue weighted by atomic mass is 9.89. The zero-order chi connectivity index (χ0) is 10.3. The average Bonchev–Trinajstić information content (AvgIpc) is 2.15. The van der Waals surface area contributed by atoms with Crippen molar-refractivity contribution in [3.63, 3.8) is 0 Å². The molecule has 0 aromatic rings. The van der Waals surface area contributed by atoms with Gasteiger partial charge in [-0.15, -0.1) is 0 Å². The molecule has 80 valence electrons. The van der Waals surface area contributed by atoms with Gasteiger partial charge >= 0.3 is 0 Å². The summed E-state index contributed by atoms with van der Waals surface area (Å²) >= 11 is 0. The molecule has 2 atom stereocenters. The van der Waals surface area contributed by atoms with Gasteiger partial charge in [-0.2, -0.15) is 0 Å². The third kappa shape index (κ3) is 4.10. The number of rotatable bonds is 7. The molecule has 0 radical (unpaired) electrons. The molecular weight excluding hydrogens is 162 g/mol. The van der Waals surface area contributed by atoms with Crippen LogP contribution >= 0.6 is 0 Å². The number of ether oxygens (including phenoxy) is 1. The second-order valence-electron chi connectivity index (χ2n) is 3.72. The molecule has 0 aromatic carbocycles. The molecule has 0 aliphatic rings. The summed E-state index contributed by atoms with van der Waals surface area (Å²) in [6, 6.07) is 0.208. The van der Waals surface area contributed by atoms with Crippen molar-refractivity contribution in [3.8, 4) is 0 Å². The van der Waals surface area contributed by atoms with Crippen LogP contribution < -0.4 is 5.73 Å². The maximum absolute atomic E-state index is 6.15. The monoisotopic (exact) mass is 187 g/mol. The van der Waals surface area contributed by atoms with E-state index in [1.165, 1.54) is 0 Å². The molecule has 0 rings (SSSR count). The van der Waals surface area contributed by atoms with E-state index in [2.05, 4.69) is 20.8 Å². The fraction of sp³-hybridized carbons (Fsp3) is 1.00. The molecule has 0 aliphatic carbocycles. The van der Waals surface area contributed by atoms with Crippen LogP contribution in [-0.4, -0.2) is 19.3 Å². The Morgan fingerprint density at radius 1 is 1.15 bits per heavy atom. The minimum atomic E-state index is 0.208. The molecule has 0 saturated heterocycles. The molecule has 0 bridgehead atoms. The predicted molar refractivity (Wildman–Crippen MR) is 57.8 cm³/mol. The molecule has 0 heterocycles. The largest absolute Gasteiger partial charge is 0.380 e. The predicted octanol–water partition coefficient (Wildman–Crippen LogP) is 2.57. The van der Waals surface area contributed by atoms with Gasteiger partial charge in [0, 0.05) is 13.2 Å². The fourth-order valence-corrected chi connectivity index (χ4v) is 1.89. The maximum Gasteiger partial charge on any atom is 0.0724 e. The highest BCUT2D eigenvalue weighted by atomic mass is 16.5. The van der Waals surface area contributed by atoms with Gasteiger partial charge in [0.2, 0.25) is 0 Å². The summed E-state index contributed by atoms with van der Waals surface area (Å²) in [5, 5.41) is 0. The first-order valence-corrected chi connectivity index (χ1v) is 5.49. The Bertz CT molecular complexity index is 113. The van der Waals surface area contributed by atoms with Crippen molar-refractivity contribution < 1.29 is 4.74 Å². The van der Waals surface area contributed by atoms with E-state index in [4.69, 9.17) is 10.5 Å². The second-order valence-corrected chi connectivity index (χ2v) is 3.72. The SMILES string of the molecule is CCCC(OC)C(N)C(CC)CC. The zero-order valence-corrected chi connectivity index (χ0v) is 9.55. The molecule has 0 fully saturated rings. The molecule has 0 amide bonds.